The minimum Gasteiger partial charge on any atom is -0.264 e. The molecule has 0 bridgehead atoms. The third kappa shape index (κ3) is 8.18. The van der Waals surface area contributed by atoms with Gasteiger partial charge in [-0.2, -0.15) is 26.3 Å². The second kappa shape index (κ2) is 9.12. The Hall–Kier alpha value is -2.12. The fourth-order valence-electron chi connectivity index (χ4n) is 1.22. The van der Waals surface area contributed by atoms with E-state index in [4.69, 9.17) is 0 Å². The van der Waals surface area contributed by atoms with Crippen molar-refractivity contribution in [1.29, 1.82) is 0 Å². The van der Waals surface area contributed by atoms with E-state index in [1.807, 2.05) is 13.8 Å². The summed E-state index contributed by atoms with van der Waals surface area (Å²) in [6.45, 7) is 5.59. The van der Waals surface area contributed by atoms with Gasteiger partial charge < -0.3 is 0 Å². The molecule has 0 unspecified atom stereocenters. The van der Waals surface area contributed by atoms with Crippen LogP contribution in [-0.4, -0.2) is 9.97 Å². The van der Waals surface area contributed by atoms with Crippen LogP contribution in [0.3, 0.4) is 0 Å². The number of halogens is 6. The summed E-state index contributed by atoms with van der Waals surface area (Å²) in [4.78, 5) is 6.52. The van der Waals surface area contributed by atoms with E-state index in [1.165, 1.54) is 18.3 Å². The van der Waals surface area contributed by atoms with E-state index in [9.17, 15) is 26.3 Å². The van der Waals surface area contributed by atoms with Gasteiger partial charge in [0.2, 0.25) is 0 Å². The van der Waals surface area contributed by atoms with Crippen molar-refractivity contribution in [1.82, 2.24) is 9.97 Å². The van der Waals surface area contributed by atoms with E-state index in [0.717, 1.165) is 24.5 Å². The van der Waals surface area contributed by atoms with Gasteiger partial charge in [0, 0.05) is 18.6 Å². The second-order valence-electron chi connectivity index (χ2n) is 3.96. The lowest BCUT2D eigenvalue weighted by atomic mass is 10.2. The molecule has 0 saturated heterocycles. The summed E-state index contributed by atoms with van der Waals surface area (Å²) in [5, 5.41) is 0. The van der Waals surface area contributed by atoms with Gasteiger partial charge >= 0.3 is 12.4 Å². The first-order valence-corrected chi connectivity index (χ1v) is 6.58. The first kappa shape index (κ1) is 20.9. The van der Waals surface area contributed by atoms with E-state index in [2.05, 4.69) is 9.97 Å². The smallest absolute Gasteiger partial charge is 0.264 e. The highest BCUT2D eigenvalue weighted by molar-refractivity contribution is 5.16. The zero-order chi connectivity index (χ0) is 18.1. The van der Waals surface area contributed by atoms with Gasteiger partial charge in [0.25, 0.3) is 0 Å². The van der Waals surface area contributed by atoms with Crippen molar-refractivity contribution in [3.8, 4) is 0 Å². The SMILES string of the molecule is CC.Cc1ccnc(C(F)(F)F)c1.FC(F)(F)c1cccnc1. The Labute approximate surface area is 130 Å². The van der Waals surface area contributed by atoms with Gasteiger partial charge in [-0.05, 0) is 36.8 Å². The van der Waals surface area contributed by atoms with Crippen LogP contribution < -0.4 is 0 Å². The maximum atomic E-state index is 11.9. The standard InChI is InChI=1S/C7H6F3N.C6H4F3N.C2H6/c1-5-2-3-11-6(4-5)7(8,9)10;7-6(8,9)5-2-1-3-10-4-5;1-2/h2-4H,1H3;1-4H;1-2H3. The summed E-state index contributed by atoms with van der Waals surface area (Å²) < 4.78 is 71.0. The minimum absolute atomic E-state index is 0.562. The molecule has 0 fully saturated rings. The number of hydrogen-bond donors (Lipinski definition) is 0. The largest absolute Gasteiger partial charge is 0.433 e. The molecule has 23 heavy (non-hydrogen) atoms. The summed E-state index contributed by atoms with van der Waals surface area (Å²) in [7, 11) is 0. The summed E-state index contributed by atoms with van der Waals surface area (Å²) in [5.74, 6) is 0. The topological polar surface area (TPSA) is 25.8 Å². The molecule has 0 aliphatic heterocycles. The summed E-state index contributed by atoms with van der Waals surface area (Å²) in [6, 6.07) is 4.77. The van der Waals surface area contributed by atoms with E-state index in [-0.39, 0.29) is 0 Å². The molecule has 2 rings (SSSR count). The Morgan fingerprint density at radius 3 is 1.78 bits per heavy atom. The molecular weight excluding hydrogens is 322 g/mol. The predicted octanol–water partition coefficient (Wildman–Crippen LogP) is 5.54. The van der Waals surface area contributed by atoms with Gasteiger partial charge in [0.05, 0.1) is 5.56 Å². The van der Waals surface area contributed by atoms with Gasteiger partial charge in [-0.25, -0.2) is 0 Å². The number of pyridine rings is 2. The molecule has 0 atom stereocenters. The highest BCUT2D eigenvalue weighted by Gasteiger charge is 2.32. The van der Waals surface area contributed by atoms with Crippen molar-refractivity contribution in [3.05, 3.63) is 59.7 Å². The van der Waals surface area contributed by atoms with Gasteiger partial charge in [0.1, 0.15) is 5.69 Å². The zero-order valence-electron chi connectivity index (χ0n) is 12.7. The fourth-order valence-corrected chi connectivity index (χ4v) is 1.22. The normalized spacial score (nSPS) is 10.8. The maximum absolute atomic E-state index is 11.9. The van der Waals surface area contributed by atoms with E-state index in [1.54, 1.807) is 6.92 Å². The average Bonchev–Trinajstić information content (AvgIpc) is 2.49. The predicted molar refractivity (Wildman–Crippen MR) is 74.6 cm³/mol. The summed E-state index contributed by atoms with van der Waals surface area (Å²) >= 11 is 0. The molecule has 0 radical (unpaired) electrons. The Balaban J connectivity index is 0.000000381. The molecule has 2 heterocycles. The molecule has 0 N–H and O–H groups in total. The molecule has 0 aliphatic carbocycles. The molecular formula is C15H16F6N2. The van der Waals surface area contributed by atoms with Crippen molar-refractivity contribution in [2.45, 2.75) is 33.1 Å². The average molecular weight is 338 g/mol. The number of rotatable bonds is 0. The number of nitrogens with zero attached hydrogens (tertiary/aromatic N) is 2. The van der Waals surface area contributed by atoms with Crippen LogP contribution in [0.25, 0.3) is 0 Å². The van der Waals surface area contributed by atoms with E-state index in [0.29, 0.717) is 5.56 Å². The molecule has 0 aliphatic rings. The van der Waals surface area contributed by atoms with Crippen LogP contribution in [0.2, 0.25) is 0 Å². The van der Waals surface area contributed by atoms with Gasteiger partial charge in [0.15, 0.2) is 0 Å². The molecule has 0 saturated carbocycles. The number of hydrogen-bond acceptors (Lipinski definition) is 2. The van der Waals surface area contributed by atoms with Crippen molar-refractivity contribution in [2.24, 2.45) is 0 Å². The zero-order valence-corrected chi connectivity index (χ0v) is 12.7. The molecule has 2 aromatic heterocycles. The lowest BCUT2D eigenvalue weighted by molar-refractivity contribution is -0.141. The molecule has 2 nitrogen and oxygen atoms in total. The molecule has 2 aromatic rings. The third-order valence-electron chi connectivity index (χ3n) is 2.19. The highest BCUT2D eigenvalue weighted by atomic mass is 19.4. The van der Waals surface area contributed by atoms with Crippen LogP contribution in [0.1, 0.15) is 30.7 Å². The molecule has 0 amide bonds. The third-order valence-corrected chi connectivity index (χ3v) is 2.19. The Bertz CT molecular complexity index is 564. The lowest BCUT2D eigenvalue weighted by Crippen LogP contribution is -2.07. The summed E-state index contributed by atoms with van der Waals surface area (Å²) in [6.07, 6.45) is -5.35. The Morgan fingerprint density at radius 2 is 1.48 bits per heavy atom. The van der Waals surface area contributed by atoms with Gasteiger partial charge in [-0.15, -0.1) is 0 Å². The molecule has 8 heteroatoms. The van der Waals surface area contributed by atoms with Gasteiger partial charge in [-0.1, -0.05) is 13.8 Å². The maximum Gasteiger partial charge on any atom is 0.433 e. The second-order valence-corrected chi connectivity index (χ2v) is 3.96. The van der Waals surface area contributed by atoms with Crippen LogP contribution in [0.15, 0.2) is 42.9 Å². The van der Waals surface area contributed by atoms with Crippen LogP contribution >= 0.6 is 0 Å². The van der Waals surface area contributed by atoms with Crippen LogP contribution in [-0.2, 0) is 12.4 Å². The van der Waals surface area contributed by atoms with Crippen LogP contribution in [0.5, 0.6) is 0 Å². The highest BCUT2D eigenvalue weighted by Crippen LogP contribution is 2.28. The van der Waals surface area contributed by atoms with Crippen LogP contribution in [0, 0.1) is 6.92 Å². The molecule has 128 valence electrons. The number of aryl methyl sites for hydroxylation is 1. The Kier molecular flexibility index (Phi) is 8.28. The van der Waals surface area contributed by atoms with E-state index >= 15 is 0 Å². The van der Waals surface area contributed by atoms with Crippen molar-refractivity contribution < 1.29 is 26.3 Å². The first-order chi connectivity index (χ1) is 10.6. The number of aromatic nitrogens is 2. The first-order valence-electron chi connectivity index (χ1n) is 6.58. The Morgan fingerprint density at radius 1 is 0.870 bits per heavy atom. The monoisotopic (exact) mass is 338 g/mol. The quantitative estimate of drug-likeness (QED) is 0.590. The van der Waals surface area contributed by atoms with E-state index < -0.39 is 23.6 Å². The van der Waals surface area contributed by atoms with Crippen molar-refractivity contribution in [2.75, 3.05) is 0 Å². The molecule has 0 aromatic carbocycles. The minimum atomic E-state index is -4.33. The summed E-state index contributed by atoms with van der Waals surface area (Å²) in [5.41, 5.74) is -0.986. The molecule has 0 spiro atoms. The van der Waals surface area contributed by atoms with Crippen molar-refractivity contribution in [3.63, 3.8) is 0 Å². The number of alkyl halides is 6. The fraction of sp³-hybridized carbons (Fsp3) is 0.333. The lowest BCUT2D eigenvalue weighted by Gasteiger charge is -2.04. The van der Waals surface area contributed by atoms with Crippen LogP contribution in [0.4, 0.5) is 26.3 Å². The van der Waals surface area contributed by atoms with Gasteiger partial charge in [-0.3, -0.25) is 9.97 Å². The van der Waals surface area contributed by atoms with Crippen molar-refractivity contribution >= 4 is 0 Å².